The summed E-state index contributed by atoms with van der Waals surface area (Å²) >= 11 is 1.57. The first-order valence-corrected chi connectivity index (χ1v) is 9.24. The Balaban J connectivity index is 1.35. The third kappa shape index (κ3) is 3.81. The van der Waals surface area contributed by atoms with Crippen molar-refractivity contribution in [1.82, 2.24) is 9.97 Å². The van der Waals surface area contributed by atoms with Crippen LogP contribution in [-0.2, 0) is 11.2 Å². The fraction of sp³-hybridized carbons (Fsp3) is 0.150. The van der Waals surface area contributed by atoms with Gasteiger partial charge < -0.3 is 4.42 Å². The SMILES string of the molecule is O=C(CCCc1cccnc1)Nc1ccc(-c2nc3ccccc3s2)o1. The Labute approximate surface area is 154 Å². The van der Waals surface area contributed by atoms with Gasteiger partial charge in [0.2, 0.25) is 5.91 Å². The highest BCUT2D eigenvalue weighted by molar-refractivity contribution is 7.21. The third-order valence-corrected chi connectivity index (χ3v) is 5.02. The topological polar surface area (TPSA) is 68.0 Å². The first-order valence-electron chi connectivity index (χ1n) is 8.42. The minimum Gasteiger partial charge on any atom is -0.438 e. The number of anilines is 1. The molecule has 0 aliphatic rings. The van der Waals surface area contributed by atoms with Crippen molar-refractivity contribution in [1.29, 1.82) is 0 Å². The molecular weight excluding hydrogens is 346 g/mol. The molecule has 0 aliphatic heterocycles. The fourth-order valence-electron chi connectivity index (χ4n) is 2.70. The molecule has 5 nitrogen and oxygen atoms in total. The molecule has 4 aromatic rings. The van der Waals surface area contributed by atoms with E-state index >= 15 is 0 Å². The van der Waals surface area contributed by atoms with Gasteiger partial charge in [-0.15, -0.1) is 11.3 Å². The van der Waals surface area contributed by atoms with Crippen molar-refractivity contribution >= 4 is 33.3 Å². The predicted octanol–water partition coefficient (Wildman–Crippen LogP) is 4.91. The lowest BCUT2D eigenvalue weighted by Crippen LogP contribution is -2.10. The van der Waals surface area contributed by atoms with Gasteiger partial charge in [-0.2, -0.15) is 0 Å². The molecule has 0 saturated carbocycles. The Bertz CT molecular complexity index is 991. The summed E-state index contributed by atoms with van der Waals surface area (Å²) in [5.74, 6) is 1.06. The first kappa shape index (κ1) is 16.5. The largest absolute Gasteiger partial charge is 0.438 e. The standard InChI is InChI=1S/C20H17N3O2S/c24-18(9-3-5-14-6-4-12-21-13-14)23-19-11-10-16(25-19)20-22-15-7-1-2-8-17(15)26-20/h1-2,4,6-8,10-13H,3,5,9H2,(H,23,24). The lowest BCUT2D eigenvalue weighted by atomic mass is 10.1. The van der Waals surface area contributed by atoms with Crippen LogP contribution in [0.5, 0.6) is 0 Å². The van der Waals surface area contributed by atoms with Crippen molar-refractivity contribution in [2.24, 2.45) is 0 Å². The minimum atomic E-state index is -0.0564. The normalized spacial score (nSPS) is 10.9. The zero-order chi connectivity index (χ0) is 17.8. The maximum atomic E-state index is 12.1. The predicted molar refractivity (Wildman–Crippen MR) is 103 cm³/mol. The van der Waals surface area contributed by atoms with Crippen LogP contribution in [-0.4, -0.2) is 15.9 Å². The molecule has 0 spiro atoms. The number of thiazole rings is 1. The third-order valence-electron chi connectivity index (χ3n) is 3.97. The summed E-state index contributed by atoms with van der Waals surface area (Å²) in [5.41, 5.74) is 2.08. The average molecular weight is 363 g/mol. The van der Waals surface area contributed by atoms with Crippen molar-refractivity contribution < 1.29 is 9.21 Å². The van der Waals surface area contributed by atoms with E-state index in [1.54, 1.807) is 23.6 Å². The van der Waals surface area contributed by atoms with Crippen LogP contribution in [0.4, 0.5) is 5.88 Å². The van der Waals surface area contributed by atoms with Gasteiger partial charge in [-0.3, -0.25) is 15.1 Å². The number of hydrogen-bond acceptors (Lipinski definition) is 5. The van der Waals surface area contributed by atoms with Crippen LogP contribution >= 0.6 is 11.3 Å². The molecule has 0 bridgehead atoms. The smallest absolute Gasteiger partial charge is 0.226 e. The van der Waals surface area contributed by atoms with E-state index in [0.29, 0.717) is 18.1 Å². The summed E-state index contributed by atoms with van der Waals surface area (Å²) in [7, 11) is 0. The molecule has 3 heterocycles. The number of carbonyl (C=O) groups excluding carboxylic acids is 1. The number of hydrogen-bond donors (Lipinski definition) is 1. The molecule has 0 radical (unpaired) electrons. The number of amides is 1. The number of fused-ring (bicyclic) bond motifs is 1. The summed E-state index contributed by atoms with van der Waals surface area (Å²) < 4.78 is 6.85. The molecule has 0 fully saturated rings. The summed E-state index contributed by atoms with van der Waals surface area (Å²) in [5, 5.41) is 3.62. The molecule has 0 aliphatic carbocycles. The maximum Gasteiger partial charge on any atom is 0.226 e. The molecular formula is C20H17N3O2S. The zero-order valence-corrected chi connectivity index (χ0v) is 14.8. The molecule has 1 N–H and O–H groups in total. The summed E-state index contributed by atoms with van der Waals surface area (Å²) in [6.45, 7) is 0. The molecule has 1 aromatic carbocycles. The number of benzene rings is 1. The van der Waals surface area contributed by atoms with Crippen molar-refractivity contribution in [3.05, 3.63) is 66.5 Å². The number of nitrogens with zero attached hydrogens (tertiary/aromatic N) is 2. The van der Waals surface area contributed by atoms with Crippen LogP contribution < -0.4 is 5.32 Å². The zero-order valence-electron chi connectivity index (χ0n) is 14.0. The van der Waals surface area contributed by atoms with Gasteiger partial charge in [0, 0.05) is 24.9 Å². The Morgan fingerprint density at radius 1 is 1.12 bits per heavy atom. The second-order valence-electron chi connectivity index (χ2n) is 5.91. The number of pyridine rings is 1. The van der Waals surface area contributed by atoms with Gasteiger partial charge in [0.25, 0.3) is 0 Å². The Kier molecular flexibility index (Phi) is 4.75. The van der Waals surface area contributed by atoms with Gasteiger partial charge in [0.1, 0.15) is 0 Å². The highest BCUT2D eigenvalue weighted by Crippen LogP contribution is 2.32. The summed E-state index contributed by atoms with van der Waals surface area (Å²) in [4.78, 5) is 20.7. The monoisotopic (exact) mass is 363 g/mol. The molecule has 6 heteroatoms. The van der Waals surface area contributed by atoms with Gasteiger partial charge in [0.15, 0.2) is 16.7 Å². The van der Waals surface area contributed by atoms with Crippen LogP contribution in [0.15, 0.2) is 65.3 Å². The number of para-hydroxylation sites is 1. The summed E-state index contributed by atoms with van der Waals surface area (Å²) in [6.07, 6.45) is 5.61. The van der Waals surface area contributed by atoms with E-state index in [9.17, 15) is 4.79 Å². The molecule has 130 valence electrons. The van der Waals surface area contributed by atoms with E-state index in [4.69, 9.17) is 4.42 Å². The van der Waals surface area contributed by atoms with Crippen LogP contribution in [0, 0.1) is 0 Å². The molecule has 0 atom stereocenters. The Hall–Kier alpha value is -2.99. The van der Waals surface area contributed by atoms with Crippen molar-refractivity contribution in [3.63, 3.8) is 0 Å². The molecule has 0 saturated heterocycles. The van der Waals surface area contributed by atoms with Gasteiger partial charge in [-0.1, -0.05) is 18.2 Å². The fourth-order valence-corrected chi connectivity index (χ4v) is 3.62. The quantitative estimate of drug-likeness (QED) is 0.528. The Morgan fingerprint density at radius 2 is 2.04 bits per heavy atom. The Morgan fingerprint density at radius 3 is 2.88 bits per heavy atom. The highest BCUT2D eigenvalue weighted by atomic mass is 32.1. The summed E-state index contributed by atoms with van der Waals surface area (Å²) in [6, 6.07) is 15.5. The van der Waals surface area contributed by atoms with Crippen molar-refractivity contribution in [2.75, 3.05) is 5.32 Å². The number of aromatic nitrogens is 2. The molecule has 3 aromatic heterocycles. The molecule has 26 heavy (non-hydrogen) atoms. The van der Waals surface area contributed by atoms with E-state index in [1.165, 1.54) is 0 Å². The van der Waals surface area contributed by atoms with E-state index in [-0.39, 0.29) is 5.91 Å². The van der Waals surface area contributed by atoms with Crippen LogP contribution in [0.1, 0.15) is 18.4 Å². The van der Waals surface area contributed by atoms with Crippen LogP contribution in [0.3, 0.4) is 0 Å². The van der Waals surface area contributed by atoms with E-state index in [2.05, 4.69) is 15.3 Å². The minimum absolute atomic E-state index is 0.0564. The number of rotatable bonds is 6. The lowest BCUT2D eigenvalue weighted by Gasteiger charge is -2.02. The van der Waals surface area contributed by atoms with Gasteiger partial charge >= 0.3 is 0 Å². The van der Waals surface area contributed by atoms with Crippen LogP contribution in [0.25, 0.3) is 21.0 Å². The highest BCUT2D eigenvalue weighted by Gasteiger charge is 2.12. The average Bonchev–Trinajstić information content (AvgIpc) is 3.29. The maximum absolute atomic E-state index is 12.1. The second-order valence-corrected chi connectivity index (χ2v) is 6.94. The van der Waals surface area contributed by atoms with Crippen molar-refractivity contribution in [2.45, 2.75) is 19.3 Å². The lowest BCUT2D eigenvalue weighted by molar-refractivity contribution is -0.116. The first-order chi connectivity index (χ1) is 12.8. The second kappa shape index (κ2) is 7.49. The number of carbonyl (C=O) groups is 1. The van der Waals surface area contributed by atoms with Gasteiger partial charge in [-0.05, 0) is 42.7 Å². The van der Waals surface area contributed by atoms with Crippen LogP contribution in [0.2, 0.25) is 0 Å². The van der Waals surface area contributed by atoms with Crippen molar-refractivity contribution in [3.8, 4) is 10.8 Å². The number of furan rings is 1. The van der Waals surface area contributed by atoms with E-state index in [1.807, 2.05) is 48.7 Å². The molecule has 0 unspecified atom stereocenters. The van der Waals surface area contributed by atoms with E-state index < -0.39 is 0 Å². The number of aryl methyl sites for hydroxylation is 1. The van der Waals surface area contributed by atoms with Gasteiger partial charge in [0.05, 0.1) is 10.2 Å². The van der Waals surface area contributed by atoms with E-state index in [0.717, 1.165) is 33.6 Å². The molecule has 1 amide bonds. The van der Waals surface area contributed by atoms with Gasteiger partial charge in [-0.25, -0.2) is 4.98 Å². The number of nitrogens with one attached hydrogen (secondary N) is 1. The molecule has 4 rings (SSSR count).